The third-order valence-electron chi connectivity index (χ3n) is 3.92. The largest absolute Gasteiger partial charge is 0.269 e. The summed E-state index contributed by atoms with van der Waals surface area (Å²) in [6.07, 6.45) is 0. The normalized spacial score (nSPS) is 11.3. The number of halogens is 1. The van der Waals surface area contributed by atoms with Crippen LogP contribution in [0.4, 0.5) is 0 Å². The van der Waals surface area contributed by atoms with Crippen LogP contribution in [0.5, 0.6) is 0 Å². The van der Waals surface area contributed by atoms with Crippen LogP contribution in [0.3, 0.4) is 0 Å². The van der Waals surface area contributed by atoms with Crippen LogP contribution in [-0.4, -0.2) is 19.7 Å². The molecule has 0 spiro atoms. The minimum Gasteiger partial charge on any atom is -0.269 e. The molecule has 27 heavy (non-hydrogen) atoms. The third kappa shape index (κ3) is 3.17. The van der Waals surface area contributed by atoms with E-state index in [1.54, 1.807) is 22.7 Å². The molecule has 5 aromatic rings. The zero-order chi connectivity index (χ0) is 18.2. The van der Waals surface area contributed by atoms with Gasteiger partial charge in [-0.3, -0.25) is 4.57 Å². The fourth-order valence-corrected chi connectivity index (χ4v) is 5.74. The first-order chi connectivity index (χ1) is 13.3. The molecule has 0 amide bonds. The maximum absolute atomic E-state index is 6.28. The highest BCUT2D eigenvalue weighted by atomic mass is 35.5. The number of fused-ring (bicyclic) bond motifs is 1. The molecule has 0 atom stereocenters. The smallest absolute Gasteiger partial charge is 0.203 e. The van der Waals surface area contributed by atoms with Gasteiger partial charge in [0.15, 0.2) is 10.2 Å². The van der Waals surface area contributed by atoms with Gasteiger partial charge < -0.3 is 0 Å². The molecule has 0 unspecified atom stereocenters. The van der Waals surface area contributed by atoms with Crippen molar-refractivity contribution in [3.8, 4) is 16.4 Å². The van der Waals surface area contributed by atoms with Gasteiger partial charge in [0.05, 0.1) is 14.6 Å². The predicted molar refractivity (Wildman–Crippen MR) is 113 cm³/mol. The van der Waals surface area contributed by atoms with Crippen LogP contribution in [0, 0.1) is 0 Å². The number of rotatable bonds is 4. The van der Waals surface area contributed by atoms with E-state index < -0.39 is 0 Å². The Bertz CT molecular complexity index is 1210. The van der Waals surface area contributed by atoms with Crippen molar-refractivity contribution in [2.45, 2.75) is 9.50 Å². The molecule has 0 saturated heterocycles. The van der Waals surface area contributed by atoms with E-state index in [-0.39, 0.29) is 0 Å². The topological polar surface area (TPSA) is 43.6 Å². The second-order valence-electron chi connectivity index (χ2n) is 5.62. The average Bonchev–Trinajstić information content (AvgIpc) is 3.42. The predicted octanol–water partition coefficient (Wildman–Crippen LogP) is 6.41. The highest BCUT2D eigenvalue weighted by Crippen LogP contribution is 2.38. The highest BCUT2D eigenvalue weighted by Gasteiger charge is 2.19. The number of hydrogen-bond acceptors (Lipinski definition) is 6. The van der Waals surface area contributed by atoms with Crippen molar-refractivity contribution in [2.24, 2.45) is 0 Å². The molecule has 0 fully saturated rings. The number of thiophene rings is 1. The Labute approximate surface area is 172 Å². The lowest BCUT2D eigenvalue weighted by molar-refractivity contribution is 0.886. The molecule has 0 aliphatic carbocycles. The van der Waals surface area contributed by atoms with Crippen molar-refractivity contribution in [2.75, 3.05) is 0 Å². The Morgan fingerprint density at radius 1 is 0.926 bits per heavy atom. The number of thiazole rings is 1. The number of hydrogen-bond donors (Lipinski definition) is 0. The van der Waals surface area contributed by atoms with Crippen molar-refractivity contribution >= 4 is 56.3 Å². The lowest BCUT2D eigenvalue weighted by Crippen LogP contribution is -1.98. The molecule has 0 aliphatic heterocycles. The van der Waals surface area contributed by atoms with E-state index in [1.165, 1.54) is 11.8 Å². The summed E-state index contributed by atoms with van der Waals surface area (Å²) in [6, 6.07) is 20.0. The van der Waals surface area contributed by atoms with Gasteiger partial charge in [0.1, 0.15) is 5.52 Å². The summed E-state index contributed by atoms with van der Waals surface area (Å²) in [5, 5.41) is 12.4. The van der Waals surface area contributed by atoms with Crippen LogP contribution in [0.2, 0.25) is 5.02 Å². The molecule has 3 heterocycles. The first kappa shape index (κ1) is 16.9. The summed E-state index contributed by atoms with van der Waals surface area (Å²) in [6.45, 7) is 0. The molecule has 4 nitrogen and oxygen atoms in total. The Morgan fingerprint density at radius 2 is 1.81 bits per heavy atom. The molecule has 3 aromatic heterocycles. The maximum atomic E-state index is 6.28. The van der Waals surface area contributed by atoms with Crippen molar-refractivity contribution in [3.05, 3.63) is 71.1 Å². The van der Waals surface area contributed by atoms with Crippen LogP contribution < -0.4 is 0 Å². The molecule has 5 rings (SSSR count). The fourth-order valence-electron chi connectivity index (χ4n) is 2.73. The van der Waals surface area contributed by atoms with Crippen LogP contribution in [0.15, 0.2) is 75.5 Å². The van der Waals surface area contributed by atoms with Gasteiger partial charge in [0, 0.05) is 5.69 Å². The van der Waals surface area contributed by atoms with Gasteiger partial charge in [-0.1, -0.05) is 41.9 Å². The highest BCUT2D eigenvalue weighted by molar-refractivity contribution is 8.01. The van der Waals surface area contributed by atoms with E-state index in [0.29, 0.717) is 5.02 Å². The van der Waals surface area contributed by atoms with E-state index >= 15 is 0 Å². The lowest BCUT2D eigenvalue weighted by Gasteiger charge is -2.08. The van der Waals surface area contributed by atoms with Crippen LogP contribution in [0.25, 0.3) is 26.6 Å². The van der Waals surface area contributed by atoms with Crippen LogP contribution >= 0.6 is 46.0 Å². The molecule has 0 aliphatic rings. The minimum atomic E-state index is 0.666. The molecule has 0 N–H and O–H groups in total. The summed E-state index contributed by atoms with van der Waals surface area (Å²) in [5.41, 5.74) is 1.85. The molecular weight excluding hydrogens is 416 g/mol. The van der Waals surface area contributed by atoms with E-state index in [4.69, 9.17) is 11.6 Å². The Kier molecular flexibility index (Phi) is 4.45. The second-order valence-corrected chi connectivity index (χ2v) is 9.22. The molecule has 0 bridgehead atoms. The maximum Gasteiger partial charge on any atom is 0.203 e. The van der Waals surface area contributed by atoms with Crippen LogP contribution in [0.1, 0.15) is 0 Å². The Balaban J connectivity index is 1.62. The quantitative estimate of drug-likeness (QED) is 0.333. The van der Waals surface area contributed by atoms with Gasteiger partial charge in [0.2, 0.25) is 5.16 Å². The first-order valence-corrected chi connectivity index (χ1v) is 11.0. The average molecular weight is 427 g/mol. The standard InChI is InChI=1S/C19H11ClN4S3/c20-13-8-4-9-14-16(13)21-19(26-14)27-18-23-22-17(15-10-5-11-25-15)24(18)12-6-2-1-3-7-12/h1-11H. The van der Waals surface area contributed by atoms with Gasteiger partial charge in [0.25, 0.3) is 0 Å². The summed E-state index contributed by atoms with van der Waals surface area (Å²) < 4.78 is 4.03. The van der Waals surface area contributed by atoms with E-state index in [9.17, 15) is 0 Å². The Hall–Kier alpha value is -2.19. The SMILES string of the molecule is Clc1cccc2sc(Sc3nnc(-c4cccs4)n3-c3ccccc3)nc12. The summed E-state index contributed by atoms with van der Waals surface area (Å²) in [5.74, 6) is 0.831. The number of para-hydroxylation sites is 2. The van der Waals surface area contributed by atoms with Crippen molar-refractivity contribution < 1.29 is 0 Å². The van der Waals surface area contributed by atoms with Crippen molar-refractivity contribution in [1.29, 1.82) is 0 Å². The van der Waals surface area contributed by atoms with E-state index in [1.807, 2.05) is 47.8 Å². The fraction of sp³-hybridized carbons (Fsp3) is 0. The van der Waals surface area contributed by atoms with E-state index in [0.717, 1.165) is 36.1 Å². The summed E-state index contributed by atoms with van der Waals surface area (Å²) in [4.78, 5) is 5.76. The number of aromatic nitrogens is 4. The lowest BCUT2D eigenvalue weighted by atomic mass is 10.3. The molecule has 0 radical (unpaired) electrons. The number of nitrogens with zero attached hydrogens (tertiary/aromatic N) is 4. The van der Waals surface area contributed by atoms with E-state index in [2.05, 4.69) is 37.9 Å². The molecule has 2 aromatic carbocycles. The zero-order valence-corrected chi connectivity index (χ0v) is 16.9. The molecule has 8 heteroatoms. The Morgan fingerprint density at radius 3 is 2.59 bits per heavy atom. The number of benzene rings is 2. The minimum absolute atomic E-state index is 0.666. The summed E-state index contributed by atoms with van der Waals surface area (Å²) in [7, 11) is 0. The third-order valence-corrected chi connectivity index (χ3v) is 7.12. The monoisotopic (exact) mass is 426 g/mol. The van der Waals surface area contributed by atoms with Crippen LogP contribution in [-0.2, 0) is 0 Å². The summed E-state index contributed by atoms with van der Waals surface area (Å²) >= 11 is 11.0. The zero-order valence-electron chi connectivity index (χ0n) is 13.7. The molecule has 0 saturated carbocycles. The van der Waals surface area contributed by atoms with Gasteiger partial charge in [-0.2, -0.15) is 0 Å². The first-order valence-electron chi connectivity index (χ1n) is 8.07. The molecule has 132 valence electrons. The van der Waals surface area contributed by atoms with Crippen molar-refractivity contribution in [1.82, 2.24) is 19.7 Å². The second kappa shape index (κ2) is 7.09. The van der Waals surface area contributed by atoms with Gasteiger partial charge in [-0.15, -0.1) is 32.9 Å². The van der Waals surface area contributed by atoms with Gasteiger partial charge in [-0.05, 0) is 47.5 Å². The van der Waals surface area contributed by atoms with Crippen molar-refractivity contribution in [3.63, 3.8) is 0 Å². The van der Waals surface area contributed by atoms with Gasteiger partial charge in [-0.25, -0.2) is 4.98 Å². The molecular formula is C19H11ClN4S3. The van der Waals surface area contributed by atoms with Gasteiger partial charge >= 0.3 is 0 Å².